The molecule has 0 saturated heterocycles. The van der Waals surface area contributed by atoms with Gasteiger partial charge in [0.05, 0.1) is 16.2 Å². The van der Waals surface area contributed by atoms with Crippen molar-refractivity contribution in [3.8, 4) is 0 Å². The average molecular weight is 402 g/mol. The van der Waals surface area contributed by atoms with Gasteiger partial charge in [-0.1, -0.05) is 6.07 Å². The number of alkyl halides is 4. The maximum atomic E-state index is 13.3. The Morgan fingerprint density at radius 2 is 2.08 bits per heavy atom. The van der Waals surface area contributed by atoms with Gasteiger partial charge in [-0.2, -0.15) is 0 Å². The fourth-order valence-corrected chi connectivity index (χ4v) is 7.01. The molecule has 5 atom stereocenters. The first-order valence-corrected chi connectivity index (χ1v) is 9.94. The van der Waals surface area contributed by atoms with Crippen molar-refractivity contribution in [1.82, 2.24) is 4.98 Å². The van der Waals surface area contributed by atoms with Gasteiger partial charge < -0.3 is 4.74 Å². The lowest BCUT2D eigenvalue weighted by Crippen LogP contribution is -2.54. The summed E-state index contributed by atoms with van der Waals surface area (Å²) in [6.45, 7) is 0.0878. The molecule has 1 heterocycles. The lowest BCUT2D eigenvalue weighted by molar-refractivity contribution is -0.155. The van der Waals surface area contributed by atoms with Crippen LogP contribution in [0.1, 0.15) is 55.2 Å². The van der Waals surface area contributed by atoms with E-state index in [9.17, 15) is 13.6 Å². The Hall–Kier alpha value is -0.940. The fraction of sp³-hybridized carbons (Fsp3) is 0.684. The van der Waals surface area contributed by atoms with Crippen LogP contribution in [0.15, 0.2) is 18.3 Å². The van der Waals surface area contributed by atoms with Crippen molar-refractivity contribution in [1.29, 1.82) is 0 Å². The summed E-state index contributed by atoms with van der Waals surface area (Å²) in [6, 6.07) is 4.00. The van der Waals surface area contributed by atoms with Gasteiger partial charge in [-0.25, -0.2) is 8.78 Å². The van der Waals surface area contributed by atoms with Crippen LogP contribution >= 0.6 is 23.2 Å². The van der Waals surface area contributed by atoms with E-state index >= 15 is 0 Å². The predicted octanol–water partition coefficient (Wildman–Crippen LogP) is 4.62. The van der Waals surface area contributed by atoms with Crippen LogP contribution in [-0.2, 0) is 9.53 Å². The van der Waals surface area contributed by atoms with Crippen LogP contribution in [-0.4, -0.2) is 33.7 Å². The van der Waals surface area contributed by atoms with Crippen molar-refractivity contribution in [2.45, 2.75) is 60.1 Å². The highest BCUT2D eigenvalue weighted by atomic mass is 35.5. The molecule has 0 radical (unpaired) electrons. The minimum atomic E-state index is -2.65. The smallest absolute Gasteiger partial charge is 0.308 e. The number of hydrogen-bond acceptors (Lipinski definition) is 3. The van der Waals surface area contributed by atoms with E-state index < -0.39 is 22.7 Å². The summed E-state index contributed by atoms with van der Waals surface area (Å²) in [5.41, 5.74) is 1.96. The van der Waals surface area contributed by atoms with Gasteiger partial charge in [0.15, 0.2) is 0 Å². The number of carbonyl (C=O) groups excluding carboxylic acids is 1. The van der Waals surface area contributed by atoms with Crippen molar-refractivity contribution >= 4 is 29.2 Å². The second-order valence-electron chi connectivity index (χ2n) is 8.25. The minimum absolute atomic E-state index is 0.0878. The van der Waals surface area contributed by atoms with Crippen molar-refractivity contribution < 1.29 is 18.3 Å². The van der Waals surface area contributed by atoms with Crippen LogP contribution in [0.5, 0.6) is 0 Å². The number of esters is 1. The fourth-order valence-electron chi connectivity index (χ4n) is 5.63. The Labute approximate surface area is 160 Å². The third-order valence-electron chi connectivity index (χ3n) is 7.07. The van der Waals surface area contributed by atoms with Crippen molar-refractivity contribution in [2.24, 2.45) is 11.3 Å². The maximum Gasteiger partial charge on any atom is 0.308 e. The first-order valence-electron chi connectivity index (χ1n) is 9.12. The highest BCUT2D eigenvalue weighted by molar-refractivity contribution is 6.31. The average Bonchev–Trinajstić information content (AvgIpc) is 3.18. The van der Waals surface area contributed by atoms with Gasteiger partial charge in [-0.15, -0.1) is 23.2 Å². The van der Waals surface area contributed by atoms with Crippen LogP contribution in [0.2, 0.25) is 0 Å². The molecule has 0 aliphatic heterocycles. The molecule has 1 aromatic rings. The third-order valence-corrected chi connectivity index (χ3v) is 8.27. The van der Waals surface area contributed by atoms with Crippen LogP contribution < -0.4 is 0 Å². The second kappa shape index (κ2) is 5.32. The number of pyridine rings is 1. The van der Waals surface area contributed by atoms with Crippen molar-refractivity contribution in [2.75, 3.05) is 6.61 Å². The van der Waals surface area contributed by atoms with E-state index in [-0.39, 0.29) is 54.9 Å². The molecule has 3 fully saturated rings. The van der Waals surface area contributed by atoms with E-state index in [2.05, 4.69) is 11.1 Å². The van der Waals surface area contributed by atoms with Crippen LogP contribution in [0.3, 0.4) is 0 Å². The molecule has 4 aliphatic rings. The van der Waals surface area contributed by atoms with E-state index in [1.54, 1.807) is 6.20 Å². The Morgan fingerprint density at radius 1 is 1.35 bits per heavy atom. The molecule has 7 heteroatoms. The zero-order chi connectivity index (χ0) is 18.3. The SMILES string of the molecule is O=C(OC[C@]1(Cl)C[C@@H]2c3cccnc3[C@H]3[C@@H](Cl)[C@@]231)C1CCC(F)(F)CC1. The van der Waals surface area contributed by atoms with Gasteiger partial charge in [-0.05, 0) is 36.8 Å². The second-order valence-corrected chi connectivity index (χ2v) is 9.44. The predicted molar refractivity (Wildman–Crippen MR) is 92.9 cm³/mol. The normalized spacial score (nSPS) is 42.2. The third kappa shape index (κ3) is 2.05. The number of aromatic nitrogens is 1. The molecule has 140 valence electrons. The topological polar surface area (TPSA) is 39.2 Å². The zero-order valence-corrected chi connectivity index (χ0v) is 15.6. The number of ether oxygens (including phenoxy) is 1. The maximum absolute atomic E-state index is 13.3. The summed E-state index contributed by atoms with van der Waals surface area (Å²) < 4.78 is 32.0. The van der Waals surface area contributed by atoms with Crippen LogP contribution in [0, 0.1) is 11.3 Å². The molecule has 0 N–H and O–H groups in total. The lowest BCUT2D eigenvalue weighted by Gasteiger charge is -2.51. The van der Waals surface area contributed by atoms with Crippen molar-refractivity contribution in [3.63, 3.8) is 0 Å². The first-order chi connectivity index (χ1) is 12.3. The number of halogens is 4. The van der Waals surface area contributed by atoms with Gasteiger partial charge in [0.25, 0.3) is 0 Å². The van der Waals surface area contributed by atoms with E-state index in [4.69, 9.17) is 27.9 Å². The Kier molecular flexibility index (Phi) is 3.51. The van der Waals surface area contributed by atoms with Crippen molar-refractivity contribution in [3.05, 3.63) is 29.6 Å². The standard InChI is InChI=1S/C19H19Cl2F2NO2/c20-15-13-14-11(2-1-7-24-14)12-8-17(21,19(12,13)15)9-26-16(25)10-3-5-18(22,23)6-4-10/h1-2,7,10,12-13,15H,3-6,8-9H2/t12-,13+,15-,17-,19-/m1/s1. The molecule has 0 unspecified atom stereocenters. The molecular weight excluding hydrogens is 383 g/mol. The molecule has 5 rings (SSSR count). The summed E-state index contributed by atoms with van der Waals surface area (Å²) in [5.74, 6) is -3.13. The monoisotopic (exact) mass is 401 g/mol. The summed E-state index contributed by atoms with van der Waals surface area (Å²) in [7, 11) is 0. The Morgan fingerprint density at radius 3 is 2.81 bits per heavy atom. The minimum Gasteiger partial charge on any atom is -0.464 e. The number of nitrogens with zero attached hydrogens (tertiary/aromatic N) is 1. The summed E-state index contributed by atoms with van der Waals surface area (Å²) in [5, 5.41) is -0.0896. The first kappa shape index (κ1) is 17.2. The molecule has 3 nitrogen and oxygen atoms in total. The summed E-state index contributed by atoms with van der Waals surface area (Å²) >= 11 is 13.5. The molecular formula is C19H19Cl2F2NO2. The van der Waals surface area contributed by atoms with E-state index in [0.29, 0.717) is 6.42 Å². The highest BCUT2D eigenvalue weighted by Crippen LogP contribution is 2.87. The molecule has 26 heavy (non-hydrogen) atoms. The highest BCUT2D eigenvalue weighted by Gasteiger charge is 2.87. The Balaban J connectivity index is 1.27. The summed E-state index contributed by atoms with van der Waals surface area (Å²) in [6.07, 6.45) is 2.31. The molecule has 1 spiro atoms. The summed E-state index contributed by atoms with van der Waals surface area (Å²) in [4.78, 5) is 16.1. The van der Waals surface area contributed by atoms with Gasteiger partial charge in [0.1, 0.15) is 6.61 Å². The number of carbonyl (C=O) groups is 1. The quantitative estimate of drug-likeness (QED) is 0.547. The molecule has 0 amide bonds. The number of fused-ring (bicyclic) bond motifs is 3. The van der Waals surface area contributed by atoms with Gasteiger partial charge in [0, 0.05) is 36.1 Å². The van der Waals surface area contributed by atoms with Crippen LogP contribution in [0.4, 0.5) is 8.78 Å². The Bertz CT molecular complexity index is 777. The van der Waals surface area contributed by atoms with Gasteiger partial charge in [-0.3, -0.25) is 9.78 Å². The van der Waals surface area contributed by atoms with E-state index in [1.807, 2.05) is 6.07 Å². The van der Waals surface area contributed by atoms with E-state index in [0.717, 1.165) is 5.69 Å². The number of hydrogen-bond donors (Lipinski definition) is 0. The molecule has 1 aromatic heterocycles. The van der Waals surface area contributed by atoms with E-state index in [1.165, 1.54) is 5.56 Å². The largest absolute Gasteiger partial charge is 0.464 e. The molecule has 0 bridgehead atoms. The van der Waals surface area contributed by atoms with Gasteiger partial charge >= 0.3 is 5.97 Å². The zero-order valence-electron chi connectivity index (χ0n) is 14.1. The molecule has 4 aliphatic carbocycles. The molecule has 0 aromatic carbocycles. The van der Waals surface area contributed by atoms with Crippen LogP contribution in [0.25, 0.3) is 0 Å². The van der Waals surface area contributed by atoms with Gasteiger partial charge in [0.2, 0.25) is 5.92 Å². The molecule has 3 saturated carbocycles. The lowest BCUT2D eigenvalue weighted by atomic mass is 9.60. The number of rotatable bonds is 3.